The second kappa shape index (κ2) is 4.92. The van der Waals surface area contributed by atoms with Crippen molar-refractivity contribution in [2.45, 2.75) is 26.7 Å². The van der Waals surface area contributed by atoms with Gasteiger partial charge in [0.05, 0.1) is 5.69 Å². The number of benzene rings is 1. The van der Waals surface area contributed by atoms with Gasteiger partial charge in [-0.05, 0) is 30.5 Å². The van der Waals surface area contributed by atoms with Crippen molar-refractivity contribution in [3.05, 3.63) is 41.9 Å². The van der Waals surface area contributed by atoms with Crippen molar-refractivity contribution < 1.29 is 0 Å². The van der Waals surface area contributed by atoms with Crippen molar-refractivity contribution in [3.8, 4) is 0 Å². The predicted octanol–water partition coefficient (Wildman–Crippen LogP) is 3.53. The van der Waals surface area contributed by atoms with Crippen molar-refractivity contribution in [1.29, 1.82) is 0 Å². The summed E-state index contributed by atoms with van der Waals surface area (Å²) in [5.74, 6) is 1.25. The van der Waals surface area contributed by atoms with Crippen LogP contribution in [0.2, 0.25) is 0 Å². The van der Waals surface area contributed by atoms with E-state index in [4.69, 9.17) is 0 Å². The molecule has 2 N–H and O–H groups in total. The van der Waals surface area contributed by atoms with E-state index in [-0.39, 0.29) is 0 Å². The van der Waals surface area contributed by atoms with E-state index in [2.05, 4.69) is 63.6 Å². The number of aromatic nitrogens is 4. The van der Waals surface area contributed by atoms with Crippen molar-refractivity contribution in [3.63, 3.8) is 0 Å². The highest BCUT2D eigenvalue weighted by atomic mass is 15.2. The Morgan fingerprint density at radius 3 is 2.50 bits per heavy atom. The highest BCUT2D eigenvalue weighted by Crippen LogP contribution is 2.23. The molecule has 2 aromatic heterocycles. The van der Waals surface area contributed by atoms with Crippen molar-refractivity contribution in [1.82, 2.24) is 20.2 Å². The van der Waals surface area contributed by atoms with E-state index >= 15 is 0 Å². The van der Waals surface area contributed by atoms with Crippen molar-refractivity contribution >= 4 is 22.5 Å². The molecule has 0 atom stereocenters. The third kappa shape index (κ3) is 2.22. The molecule has 0 amide bonds. The van der Waals surface area contributed by atoms with Crippen LogP contribution in [0.3, 0.4) is 0 Å². The average molecular weight is 267 g/mol. The molecule has 1 aromatic carbocycles. The van der Waals surface area contributed by atoms with E-state index in [0.29, 0.717) is 5.92 Å². The molecule has 0 radical (unpaired) electrons. The van der Waals surface area contributed by atoms with Gasteiger partial charge in [0.15, 0.2) is 11.3 Å². The molecule has 5 nitrogen and oxygen atoms in total. The fraction of sp³-hybridized carbons (Fsp3) is 0.267. The third-order valence-electron chi connectivity index (χ3n) is 3.35. The molecule has 20 heavy (non-hydrogen) atoms. The number of rotatable bonds is 3. The number of hydrogen-bond donors (Lipinski definition) is 2. The topological polar surface area (TPSA) is 66.5 Å². The molecule has 3 aromatic rings. The lowest BCUT2D eigenvalue weighted by molar-refractivity contribution is 0.867. The van der Waals surface area contributed by atoms with Gasteiger partial charge in [0.1, 0.15) is 11.8 Å². The van der Waals surface area contributed by atoms with E-state index < -0.39 is 0 Å². The maximum absolute atomic E-state index is 4.27. The smallest absolute Gasteiger partial charge is 0.162 e. The molecule has 0 saturated carbocycles. The second-order valence-corrected chi connectivity index (χ2v) is 5.17. The van der Waals surface area contributed by atoms with Crippen LogP contribution in [0.15, 0.2) is 30.6 Å². The van der Waals surface area contributed by atoms with Crippen LogP contribution in [-0.2, 0) is 0 Å². The summed E-state index contributed by atoms with van der Waals surface area (Å²) in [4.78, 5) is 8.50. The molecule has 0 unspecified atom stereocenters. The fourth-order valence-electron chi connectivity index (χ4n) is 2.13. The van der Waals surface area contributed by atoms with Gasteiger partial charge in [-0.15, -0.1) is 0 Å². The second-order valence-electron chi connectivity index (χ2n) is 5.17. The van der Waals surface area contributed by atoms with Gasteiger partial charge in [0.25, 0.3) is 0 Å². The van der Waals surface area contributed by atoms with Crippen LogP contribution in [0.4, 0.5) is 11.5 Å². The van der Waals surface area contributed by atoms with Crippen molar-refractivity contribution in [2.24, 2.45) is 0 Å². The van der Waals surface area contributed by atoms with Gasteiger partial charge in [-0.3, -0.25) is 5.10 Å². The maximum atomic E-state index is 4.27. The molecule has 0 bridgehead atoms. The Morgan fingerprint density at radius 2 is 1.80 bits per heavy atom. The lowest BCUT2D eigenvalue weighted by Gasteiger charge is -2.08. The summed E-state index contributed by atoms with van der Waals surface area (Å²) in [6.45, 7) is 6.31. The molecule has 0 fully saturated rings. The minimum absolute atomic E-state index is 0.531. The average Bonchev–Trinajstić information content (AvgIpc) is 2.82. The van der Waals surface area contributed by atoms with Gasteiger partial charge >= 0.3 is 0 Å². The molecular weight excluding hydrogens is 250 g/mol. The Balaban J connectivity index is 1.93. The van der Waals surface area contributed by atoms with Gasteiger partial charge < -0.3 is 5.32 Å². The number of aromatic amines is 1. The number of fused-ring (bicyclic) bond motifs is 1. The first-order chi connectivity index (χ1) is 9.65. The fourth-order valence-corrected chi connectivity index (χ4v) is 2.13. The Kier molecular flexibility index (Phi) is 3.10. The molecule has 0 saturated heterocycles. The van der Waals surface area contributed by atoms with Gasteiger partial charge in [0.2, 0.25) is 0 Å². The minimum atomic E-state index is 0.531. The largest absolute Gasteiger partial charge is 0.338 e. The summed E-state index contributed by atoms with van der Waals surface area (Å²) in [6.07, 6.45) is 1.55. The molecule has 5 heteroatoms. The SMILES string of the molecule is Cc1[nH]nc2c(Nc3ccc(C(C)C)cc3)ncnc12. The summed E-state index contributed by atoms with van der Waals surface area (Å²) in [7, 11) is 0. The van der Waals surface area contributed by atoms with Gasteiger partial charge in [-0.25, -0.2) is 9.97 Å². The number of nitrogens with zero attached hydrogens (tertiary/aromatic N) is 3. The molecule has 2 heterocycles. The van der Waals surface area contributed by atoms with E-state index in [1.165, 1.54) is 5.56 Å². The molecule has 0 aliphatic carbocycles. The van der Waals surface area contributed by atoms with E-state index in [1.807, 2.05) is 6.92 Å². The number of aryl methyl sites for hydroxylation is 1. The van der Waals surface area contributed by atoms with E-state index in [9.17, 15) is 0 Å². The Bertz CT molecular complexity index is 728. The zero-order valence-electron chi connectivity index (χ0n) is 11.8. The summed E-state index contributed by atoms with van der Waals surface area (Å²) in [5, 5.41) is 10.5. The first-order valence-corrected chi connectivity index (χ1v) is 6.68. The zero-order valence-corrected chi connectivity index (χ0v) is 11.8. The summed E-state index contributed by atoms with van der Waals surface area (Å²) < 4.78 is 0. The number of nitrogens with one attached hydrogen (secondary N) is 2. The summed E-state index contributed by atoms with van der Waals surface area (Å²) in [5.41, 5.74) is 4.87. The summed E-state index contributed by atoms with van der Waals surface area (Å²) >= 11 is 0. The van der Waals surface area contributed by atoms with E-state index in [0.717, 1.165) is 28.2 Å². The monoisotopic (exact) mass is 267 g/mol. The number of hydrogen-bond acceptors (Lipinski definition) is 4. The predicted molar refractivity (Wildman–Crippen MR) is 80.2 cm³/mol. The Morgan fingerprint density at radius 1 is 1.05 bits per heavy atom. The van der Waals surface area contributed by atoms with Crippen molar-refractivity contribution in [2.75, 3.05) is 5.32 Å². The molecule has 102 valence electrons. The van der Waals surface area contributed by atoms with Gasteiger partial charge in [0, 0.05) is 5.69 Å². The number of anilines is 2. The maximum Gasteiger partial charge on any atom is 0.162 e. The van der Waals surface area contributed by atoms with Crippen LogP contribution in [0.25, 0.3) is 11.0 Å². The number of H-pyrrole nitrogens is 1. The minimum Gasteiger partial charge on any atom is -0.338 e. The van der Waals surface area contributed by atoms with Crippen LogP contribution >= 0.6 is 0 Å². The molecule has 3 rings (SSSR count). The summed E-state index contributed by atoms with van der Waals surface area (Å²) in [6, 6.07) is 8.37. The molecular formula is C15H17N5. The molecule has 0 spiro atoms. The van der Waals surface area contributed by atoms with Crippen LogP contribution in [-0.4, -0.2) is 20.2 Å². The lowest BCUT2D eigenvalue weighted by atomic mass is 10.0. The first-order valence-electron chi connectivity index (χ1n) is 6.68. The lowest BCUT2D eigenvalue weighted by Crippen LogP contribution is -1.96. The third-order valence-corrected chi connectivity index (χ3v) is 3.35. The standard InChI is InChI=1S/C15H17N5/c1-9(2)11-4-6-12(7-5-11)18-15-14-13(16-8-17-15)10(3)19-20-14/h4-9H,1-3H3,(H,19,20)(H,16,17,18). The molecule has 0 aliphatic heterocycles. The highest BCUT2D eigenvalue weighted by molar-refractivity contribution is 5.88. The molecule has 0 aliphatic rings. The van der Waals surface area contributed by atoms with Crippen LogP contribution < -0.4 is 5.32 Å². The zero-order chi connectivity index (χ0) is 14.1. The van der Waals surface area contributed by atoms with Crippen LogP contribution in [0, 0.1) is 6.92 Å². The first kappa shape index (κ1) is 12.6. The Labute approximate surface area is 117 Å². The van der Waals surface area contributed by atoms with Gasteiger partial charge in [-0.2, -0.15) is 5.10 Å². The highest BCUT2D eigenvalue weighted by Gasteiger charge is 2.09. The quantitative estimate of drug-likeness (QED) is 0.762. The van der Waals surface area contributed by atoms with E-state index in [1.54, 1.807) is 6.33 Å². The van der Waals surface area contributed by atoms with Crippen LogP contribution in [0.1, 0.15) is 31.0 Å². The van der Waals surface area contributed by atoms with Crippen LogP contribution in [0.5, 0.6) is 0 Å². The van der Waals surface area contributed by atoms with Gasteiger partial charge in [-0.1, -0.05) is 26.0 Å². The Hall–Kier alpha value is -2.43. The normalized spacial score (nSPS) is 11.2.